The summed E-state index contributed by atoms with van der Waals surface area (Å²) in [6, 6.07) is 14.5. The van der Waals surface area contributed by atoms with E-state index >= 15 is 0 Å². The summed E-state index contributed by atoms with van der Waals surface area (Å²) in [5, 5.41) is 18.6. The largest absolute Gasteiger partial charge is 0.478 e. The van der Waals surface area contributed by atoms with Crippen molar-refractivity contribution in [3.05, 3.63) is 70.8 Å². The molecule has 4 heteroatoms. The SMILES string of the molecule is O=C(O)c1ccccc1CC1CCC(Cc2ccccc2C(=O)O)CC1. The van der Waals surface area contributed by atoms with Gasteiger partial charge >= 0.3 is 11.9 Å². The molecule has 0 aromatic heterocycles. The lowest BCUT2D eigenvalue weighted by molar-refractivity contribution is 0.0684. The summed E-state index contributed by atoms with van der Waals surface area (Å²) in [7, 11) is 0. The molecule has 0 aliphatic heterocycles. The third-order valence-electron chi connectivity index (χ3n) is 5.48. The van der Waals surface area contributed by atoms with Gasteiger partial charge in [0.2, 0.25) is 0 Å². The zero-order valence-corrected chi connectivity index (χ0v) is 14.7. The van der Waals surface area contributed by atoms with Gasteiger partial charge in [0, 0.05) is 0 Å². The molecule has 2 aromatic rings. The van der Waals surface area contributed by atoms with Crippen LogP contribution in [0.15, 0.2) is 48.5 Å². The molecule has 0 amide bonds. The Bertz CT molecular complexity index is 721. The number of hydrogen-bond donors (Lipinski definition) is 2. The zero-order valence-electron chi connectivity index (χ0n) is 14.7. The molecule has 1 saturated carbocycles. The van der Waals surface area contributed by atoms with Crippen molar-refractivity contribution in [1.29, 1.82) is 0 Å². The molecule has 0 spiro atoms. The van der Waals surface area contributed by atoms with E-state index < -0.39 is 11.9 Å². The number of carboxylic acid groups (broad SMARTS) is 2. The summed E-state index contributed by atoms with van der Waals surface area (Å²) in [5.74, 6) is -0.720. The summed E-state index contributed by atoms with van der Waals surface area (Å²) < 4.78 is 0. The van der Waals surface area contributed by atoms with E-state index in [9.17, 15) is 19.8 Å². The molecule has 0 atom stereocenters. The number of carbonyl (C=O) groups is 2. The van der Waals surface area contributed by atoms with Gasteiger partial charge in [-0.15, -0.1) is 0 Å². The number of rotatable bonds is 6. The van der Waals surface area contributed by atoms with E-state index in [1.54, 1.807) is 24.3 Å². The van der Waals surface area contributed by atoms with Gasteiger partial charge in [-0.3, -0.25) is 0 Å². The topological polar surface area (TPSA) is 74.6 Å². The average Bonchev–Trinajstić information content (AvgIpc) is 2.64. The van der Waals surface area contributed by atoms with Crippen LogP contribution in [0.5, 0.6) is 0 Å². The van der Waals surface area contributed by atoms with E-state index in [0.29, 0.717) is 23.0 Å². The second-order valence-electron chi connectivity index (χ2n) is 7.22. The van der Waals surface area contributed by atoms with E-state index in [0.717, 1.165) is 49.7 Å². The second-order valence-corrected chi connectivity index (χ2v) is 7.22. The van der Waals surface area contributed by atoms with Crippen LogP contribution in [0.1, 0.15) is 57.5 Å². The van der Waals surface area contributed by atoms with Crippen LogP contribution in [0.2, 0.25) is 0 Å². The van der Waals surface area contributed by atoms with E-state index in [1.165, 1.54) is 0 Å². The highest BCUT2D eigenvalue weighted by Gasteiger charge is 2.24. The predicted octanol–water partition coefficient (Wildman–Crippen LogP) is 4.67. The van der Waals surface area contributed by atoms with Gasteiger partial charge < -0.3 is 10.2 Å². The molecule has 2 N–H and O–H groups in total. The molecule has 136 valence electrons. The van der Waals surface area contributed by atoms with E-state index in [2.05, 4.69) is 0 Å². The highest BCUT2D eigenvalue weighted by atomic mass is 16.4. The first-order valence-electron chi connectivity index (χ1n) is 9.17. The van der Waals surface area contributed by atoms with Crippen LogP contribution in [0.4, 0.5) is 0 Å². The van der Waals surface area contributed by atoms with Gasteiger partial charge in [-0.05, 0) is 73.6 Å². The van der Waals surface area contributed by atoms with Crippen LogP contribution in [0.3, 0.4) is 0 Å². The molecule has 2 aromatic carbocycles. The Hall–Kier alpha value is -2.62. The maximum Gasteiger partial charge on any atom is 0.335 e. The number of carboxylic acids is 2. The van der Waals surface area contributed by atoms with Crippen LogP contribution in [0.25, 0.3) is 0 Å². The fraction of sp³-hybridized carbons (Fsp3) is 0.364. The fourth-order valence-corrected chi connectivity index (χ4v) is 4.08. The van der Waals surface area contributed by atoms with Gasteiger partial charge in [-0.1, -0.05) is 36.4 Å². The van der Waals surface area contributed by atoms with Crippen molar-refractivity contribution in [1.82, 2.24) is 0 Å². The highest BCUT2D eigenvalue weighted by Crippen LogP contribution is 2.34. The molecule has 0 unspecified atom stereocenters. The maximum atomic E-state index is 11.4. The van der Waals surface area contributed by atoms with Gasteiger partial charge in [0.15, 0.2) is 0 Å². The molecule has 4 nitrogen and oxygen atoms in total. The molecule has 1 aliphatic rings. The fourth-order valence-electron chi connectivity index (χ4n) is 4.08. The third kappa shape index (κ3) is 4.31. The molecule has 0 heterocycles. The Morgan fingerprint density at radius 3 is 1.38 bits per heavy atom. The molecule has 1 aliphatic carbocycles. The van der Waals surface area contributed by atoms with Gasteiger partial charge in [-0.25, -0.2) is 9.59 Å². The molecule has 26 heavy (non-hydrogen) atoms. The first kappa shape index (κ1) is 18.2. The summed E-state index contributed by atoms with van der Waals surface area (Å²) >= 11 is 0. The zero-order chi connectivity index (χ0) is 18.5. The molecule has 0 saturated heterocycles. The predicted molar refractivity (Wildman–Crippen MR) is 99.7 cm³/mol. The molecule has 1 fully saturated rings. The number of aromatic carboxylic acids is 2. The lowest BCUT2D eigenvalue weighted by Gasteiger charge is -2.29. The lowest BCUT2D eigenvalue weighted by Crippen LogP contribution is -2.19. The second kappa shape index (κ2) is 8.17. The first-order chi connectivity index (χ1) is 12.5. The maximum absolute atomic E-state index is 11.4. The minimum Gasteiger partial charge on any atom is -0.478 e. The van der Waals surface area contributed by atoms with Crippen molar-refractivity contribution in [3.8, 4) is 0 Å². The monoisotopic (exact) mass is 352 g/mol. The standard InChI is InChI=1S/C22H24O4/c23-21(24)19-7-3-1-5-17(19)13-15-9-11-16(12-10-15)14-18-6-2-4-8-20(18)22(25)26/h1-8,15-16H,9-14H2,(H,23,24)(H,25,26). The first-order valence-corrected chi connectivity index (χ1v) is 9.17. The quantitative estimate of drug-likeness (QED) is 0.792. The summed E-state index contributed by atoms with van der Waals surface area (Å²) in [4.78, 5) is 22.7. The summed E-state index contributed by atoms with van der Waals surface area (Å²) in [5.41, 5.74) is 2.65. The molecular formula is C22H24O4. The average molecular weight is 352 g/mol. The molecular weight excluding hydrogens is 328 g/mol. The van der Waals surface area contributed by atoms with Crippen molar-refractivity contribution < 1.29 is 19.8 Å². The minimum atomic E-state index is -0.862. The third-order valence-corrected chi connectivity index (χ3v) is 5.48. The Kier molecular flexibility index (Phi) is 5.71. The van der Waals surface area contributed by atoms with Crippen LogP contribution in [-0.2, 0) is 12.8 Å². The normalized spacial score (nSPS) is 19.8. The van der Waals surface area contributed by atoms with Gasteiger partial charge in [-0.2, -0.15) is 0 Å². The smallest absolute Gasteiger partial charge is 0.335 e. The van der Waals surface area contributed by atoms with Crippen molar-refractivity contribution in [2.24, 2.45) is 11.8 Å². The van der Waals surface area contributed by atoms with Crippen molar-refractivity contribution >= 4 is 11.9 Å². The van der Waals surface area contributed by atoms with Gasteiger partial charge in [0.05, 0.1) is 11.1 Å². The van der Waals surface area contributed by atoms with Crippen molar-refractivity contribution in [2.75, 3.05) is 0 Å². The van der Waals surface area contributed by atoms with Gasteiger partial charge in [0.25, 0.3) is 0 Å². The summed E-state index contributed by atoms with van der Waals surface area (Å²) in [6.45, 7) is 0. The van der Waals surface area contributed by atoms with Crippen LogP contribution < -0.4 is 0 Å². The van der Waals surface area contributed by atoms with Crippen LogP contribution in [-0.4, -0.2) is 22.2 Å². The highest BCUT2D eigenvalue weighted by molar-refractivity contribution is 5.89. The number of hydrogen-bond acceptors (Lipinski definition) is 2. The van der Waals surface area contributed by atoms with E-state index in [-0.39, 0.29) is 0 Å². The lowest BCUT2D eigenvalue weighted by atomic mass is 9.76. The van der Waals surface area contributed by atoms with Gasteiger partial charge in [0.1, 0.15) is 0 Å². The molecule has 0 radical (unpaired) electrons. The van der Waals surface area contributed by atoms with E-state index in [4.69, 9.17) is 0 Å². The Balaban J connectivity index is 1.59. The molecule has 0 bridgehead atoms. The Morgan fingerprint density at radius 2 is 1.04 bits per heavy atom. The number of benzene rings is 2. The van der Waals surface area contributed by atoms with Crippen molar-refractivity contribution in [2.45, 2.75) is 38.5 Å². The minimum absolute atomic E-state index is 0.407. The van der Waals surface area contributed by atoms with E-state index in [1.807, 2.05) is 24.3 Å². The Morgan fingerprint density at radius 1 is 0.692 bits per heavy atom. The van der Waals surface area contributed by atoms with Crippen molar-refractivity contribution in [3.63, 3.8) is 0 Å². The summed E-state index contributed by atoms with van der Waals surface area (Å²) in [6.07, 6.45) is 5.87. The molecule has 3 rings (SSSR count). The Labute approximate surface area is 153 Å². The van der Waals surface area contributed by atoms with Crippen LogP contribution >= 0.6 is 0 Å². The van der Waals surface area contributed by atoms with Crippen LogP contribution in [0, 0.1) is 11.8 Å².